The molecule has 0 aromatic heterocycles. The molecule has 0 unspecified atom stereocenters. The molecule has 2 aromatic rings. The standard InChI is InChI=1S/C22H22F3NO6/c1-30-11-12-31-19-9-7-16(22(23,24)25)13-17(19)26-20(28)14-32-21(29)10-8-18(27)15-5-3-2-4-6-15/h2-7,9,13H,8,10-12,14H2,1H3,(H,26,28). The van der Waals surface area contributed by atoms with Crippen molar-refractivity contribution >= 4 is 23.3 Å². The summed E-state index contributed by atoms with van der Waals surface area (Å²) in [6.07, 6.45) is -4.96. The monoisotopic (exact) mass is 453 g/mol. The predicted octanol–water partition coefficient (Wildman–Crippen LogP) is 3.88. The van der Waals surface area contributed by atoms with Gasteiger partial charge in [-0.1, -0.05) is 30.3 Å². The molecule has 0 radical (unpaired) electrons. The summed E-state index contributed by atoms with van der Waals surface area (Å²) < 4.78 is 54.0. The molecule has 0 fully saturated rings. The minimum atomic E-state index is -4.62. The van der Waals surface area contributed by atoms with Gasteiger partial charge in [0.05, 0.1) is 24.3 Å². The molecule has 0 saturated carbocycles. The predicted molar refractivity (Wildman–Crippen MR) is 108 cm³/mol. The van der Waals surface area contributed by atoms with E-state index in [1.807, 2.05) is 0 Å². The molecule has 0 aliphatic heterocycles. The van der Waals surface area contributed by atoms with Crippen LogP contribution in [0.3, 0.4) is 0 Å². The zero-order valence-electron chi connectivity index (χ0n) is 17.2. The topological polar surface area (TPSA) is 90.9 Å². The molecule has 0 bridgehead atoms. The fraction of sp³-hybridized carbons (Fsp3) is 0.318. The number of ether oxygens (including phenoxy) is 3. The van der Waals surface area contributed by atoms with Crippen LogP contribution in [0, 0.1) is 0 Å². The van der Waals surface area contributed by atoms with Crippen molar-refractivity contribution in [3.05, 3.63) is 59.7 Å². The number of Topliss-reactive ketones (excluding diaryl/α,β-unsaturated/α-hetero) is 1. The van der Waals surface area contributed by atoms with Crippen LogP contribution in [-0.4, -0.2) is 44.6 Å². The molecule has 2 aromatic carbocycles. The number of carbonyl (C=O) groups excluding carboxylic acids is 3. The Hall–Kier alpha value is -3.40. The van der Waals surface area contributed by atoms with Gasteiger partial charge in [-0.2, -0.15) is 13.2 Å². The fourth-order valence-corrected chi connectivity index (χ4v) is 2.55. The number of benzene rings is 2. The Kier molecular flexibility index (Phi) is 9.21. The van der Waals surface area contributed by atoms with Gasteiger partial charge in [-0.3, -0.25) is 14.4 Å². The van der Waals surface area contributed by atoms with Crippen molar-refractivity contribution in [1.82, 2.24) is 0 Å². The smallest absolute Gasteiger partial charge is 0.416 e. The minimum absolute atomic E-state index is 0.00295. The maximum Gasteiger partial charge on any atom is 0.416 e. The van der Waals surface area contributed by atoms with Crippen molar-refractivity contribution in [3.63, 3.8) is 0 Å². The van der Waals surface area contributed by atoms with E-state index >= 15 is 0 Å². The highest BCUT2D eigenvalue weighted by atomic mass is 19.4. The number of hydrogen-bond donors (Lipinski definition) is 1. The number of methoxy groups -OCH3 is 1. The Morgan fingerprint density at radius 1 is 0.969 bits per heavy atom. The van der Waals surface area contributed by atoms with Crippen molar-refractivity contribution < 1.29 is 41.8 Å². The molecule has 1 N–H and O–H groups in total. The largest absolute Gasteiger partial charge is 0.489 e. The summed E-state index contributed by atoms with van der Waals surface area (Å²) in [6.45, 7) is -0.491. The molecule has 172 valence electrons. The van der Waals surface area contributed by atoms with Gasteiger partial charge in [0.25, 0.3) is 5.91 Å². The first-order valence-electron chi connectivity index (χ1n) is 9.57. The van der Waals surface area contributed by atoms with Gasteiger partial charge in [-0.15, -0.1) is 0 Å². The van der Waals surface area contributed by atoms with Crippen molar-refractivity contribution in [3.8, 4) is 5.75 Å². The average molecular weight is 453 g/mol. The van der Waals surface area contributed by atoms with E-state index in [0.717, 1.165) is 18.2 Å². The molecular weight excluding hydrogens is 431 g/mol. The molecule has 0 atom stereocenters. The zero-order chi connectivity index (χ0) is 23.6. The van der Waals surface area contributed by atoms with E-state index < -0.39 is 30.2 Å². The number of carbonyl (C=O) groups is 3. The summed E-state index contributed by atoms with van der Waals surface area (Å²) in [7, 11) is 1.43. The number of hydrogen-bond acceptors (Lipinski definition) is 6. The normalized spacial score (nSPS) is 11.0. The van der Waals surface area contributed by atoms with Crippen LogP contribution in [0.2, 0.25) is 0 Å². The lowest BCUT2D eigenvalue weighted by atomic mass is 10.1. The quantitative estimate of drug-likeness (QED) is 0.316. The molecule has 1 amide bonds. The summed E-state index contributed by atoms with van der Waals surface area (Å²) in [5.41, 5.74) is -0.761. The van der Waals surface area contributed by atoms with Crippen LogP contribution in [0.4, 0.5) is 18.9 Å². The van der Waals surface area contributed by atoms with Crippen LogP contribution >= 0.6 is 0 Å². The van der Waals surface area contributed by atoms with E-state index in [1.54, 1.807) is 30.3 Å². The van der Waals surface area contributed by atoms with Crippen LogP contribution in [0.25, 0.3) is 0 Å². The van der Waals surface area contributed by atoms with E-state index in [9.17, 15) is 27.6 Å². The van der Waals surface area contributed by atoms with Gasteiger partial charge in [0.2, 0.25) is 0 Å². The van der Waals surface area contributed by atoms with Gasteiger partial charge < -0.3 is 19.5 Å². The lowest BCUT2D eigenvalue weighted by Crippen LogP contribution is -2.22. The van der Waals surface area contributed by atoms with Crippen molar-refractivity contribution in [2.45, 2.75) is 19.0 Å². The van der Waals surface area contributed by atoms with Crippen molar-refractivity contribution in [2.75, 3.05) is 32.2 Å². The third kappa shape index (κ3) is 8.03. The average Bonchev–Trinajstić information content (AvgIpc) is 2.77. The number of anilines is 1. The van der Waals surface area contributed by atoms with E-state index in [-0.39, 0.29) is 43.3 Å². The van der Waals surface area contributed by atoms with Crippen molar-refractivity contribution in [2.24, 2.45) is 0 Å². The summed E-state index contributed by atoms with van der Waals surface area (Å²) >= 11 is 0. The first-order chi connectivity index (χ1) is 15.2. The lowest BCUT2D eigenvalue weighted by Gasteiger charge is -2.15. The van der Waals surface area contributed by atoms with Gasteiger partial charge in [-0.25, -0.2) is 0 Å². The van der Waals surface area contributed by atoms with Crippen LogP contribution in [0.1, 0.15) is 28.8 Å². The molecule has 7 nitrogen and oxygen atoms in total. The van der Waals surface area contributed by atoms with Crippen LogP contribution in [-0.2, 0) is 25.2 Å². The molecule has 32 heavy (non-hydrogen) atoms. The highest BCUT2D eigenvalue weighted by molar-refractivity contribution is 5.98. The Morgan fingerprint density at radius 2 is 1.69 bits per heavy atom. The Balaban J connectivity index is 1.91. The Bertz CT molecular complexity index is 931. The highest BCUT2D eigenvalue weighted by Gasteiger charge is 2.31. The second-order valence-electron chi connectivity index (χ2n) is 6.55. The van der Waals surface area contributed by atoms with E-state index in [4.69, 9.17) is 14.2 Å². The number of rotatable bonds is 11. The van der Waals surface area contributed by atoms with Gasteiger partial charge in [-0.05, 0) is 18.2 Å². The van der Waals surface area contributed by atoms with E-state index in [2.05, 4.69) is 5.32 Å². The fourth-order valence-electron chi connectivity index (χ4n) is 2.55. The van der Waals surface area contributed by atoms with E-state index in [1.165, 1.54) is 7.11 Å². The highest BCUT2D eigenvalue weighted by Crippen LogP contribution is 2.35. The molecule has 0 aliphatic carbocycles. The first kappa shape index (κ1) is 24.9. The number of amides is 1. The maximum atomic E-state index is 13.0. The van der Waals surface area contributed by atoms with E-state index in [0.29, 0.717) is 5.56 Å². The zero-order valence-corrected chi connectivity index (χ0v) is 17.2. The van der Waals surface area contributed by atoms with Gasteiger partial charge in [0, 0.05) is 19.1 Å². The SMILES string of the molecule is COCCOc1ccc(C(F)(F)F)cc1NC(=O)COC(=O)CCC(=O)c1ccccc1. The summed E-state index contributed by atoms with van der Waals surface area (Å²) in [6, 6.07) is 11.0. The summed E-state index contributed by atoms with van der Waals surface area (Å²) in [5.74, 6) is -1.90. The molecule has 0 spiro atoms. The van der Waals surface area contributed by atoms with Gasteiger partial charge in [0.1, 0.15) is 12.4 Å². The second-order valence-corrected chi connectivity index (χ2v) is 6.55. The maximum absolute atomic E-state index is 13.0. The lowest BCUT2D eigenvalue weighted by molar-refractivity contribution is -0.147. The third-order valence-corrected chi connectivity index (χ3v) is 4.14. The third-order valence-electron chi connectivity index (χ3n) is 4.14. The number of ketones is 1. The van der Waals surface area contributed by atoms with Gasteiger partial charge >= 0.3 is 12.1 Å². The van der Waals surface area contributed by atoms with Crippen LogP contribution in [0.5, 0.6) is 5.75 Å². The minimum Gasteiger partial charge on any atom is -0.489 e. The number of alkyl halides is 3. The van der Waals surface area contributed by atoms with Crippen LogP contribution in [0.15, 0.2) is 48.5 Å². The molecule has 0 heterocycles. The summed E-state index contributed by atoms with van der Waals surface area (Å²) in [5, 5.41) is 2.25. The van der Waals surface area contributed by atoms with Gasteiger partial charge in [0.15, 0.2) is 12.4 Å². The number of halogens is 3. The Labute approximate surface area is 182 Å². The number of nitrogens with one attached hydrogen (secondary N) is 1. The summed E-state index contributed by atoms with van der Waals surface area (Å²) in [4.78, 5) is 35.9. The van der Waals surface area contributed by atoms with Crippen molar-refractivity contribution in [1.29, 1.82) is 0 Å². The first-order valence-corrected chi connectivity index (χ1v) is 9.57. The molecule has 0 aliphatic rings. The molecule has 2 rings (SSSR count). The second kappa shape index (κ2) is 11.8. The molecular formula is C22H22F3NO6. The molecule has 10 heteroatoms. The number of esters is 1. The van der Waals surface area contributed by atoms with Crippen LogP contribution < -0.4 is 10.1 Å². The Morgan fingerprint density at radius 3 is 2.34 bits per heavy atom. The molecule has 0 saturated heterocycles.